The minimum absolute atomic E-state index is 0.0274. The lowest BCUT2D eigenvalue weighted by atomic mass is 10.1. The van der Waals surface area contributed by atoms with Gasteiger partial charge in [0.25, 0.3) is 0 Å². The highest BCUT2D eigenvalue weighted by atomic mass is 32.2. The molecule has 0 spiro atoms. The van der Waals surface area contributed by atoms with Crippen LogP contribution in [0.5, 0.6) is 5.75 Å². The average Bonchev–Trinajstić information content (AvgIpc) is 2.41. The predicted molar refractivity (Wildman–Crippen MR) is 76.9 cm³/mol. The van der Waals surface area contributed by atoms with Gasteiger partial charge >= 0.3 is 0 Å². The van der Waals surface area contributed by atoms with Crippen LogP contribution >= 0.6 is 11.8 Å². The Hall–Kier alpha value is -1.52. The summed E-state index contributed by atoms with van der Waals surface area (Å²) in [6.07, 6.45) is 0.758. The smallest absolute Gasteiger partial charge is 0.123 e. The Kier molecular flexibility index (Phi) is 4.82. The lowest BCUT2D eigenvalue weighted by Crippen LogP contribution is -2.25. The third-order valence-corrected chi connectivity index (χ3v) is 3.91. The second kappa shape index (κ2) is 6.59. The minimum atomic E-state index is -0.224. The molecule has 0 amide bonds. The fourth-order valence-corrected chi connectivity index (χ4v) is 2.58. The van der Waals surface area contributed by atoms with Crippen LogP contribution in [0.25, 0.3) is 0 Å². The zero-order valence-electron chi connectivity index (χ0n) is 10.4. The van der Waals surface area contributed by atoms with E-state index in [0.29, 0.717) is 0 Å². The van der Waals surface area contributed by atoms with Crippen molar-refractivity contribution in [1.82, 2.24) is 0 Å². The number of phenolic OH excluding ortho intramolecular Hbond substituents is 1. The summed E-state index contributed by atoms with van der Waals surface area (Å²) < 4.78 is 12.8. The van der Waals surface area contributed by atoms with Crippen LogP contribution in [-0.4, -0.2) is 16.9 Å². The first-order chi connectivity index (χ1) is 9.13. The van der Waals surface area contributed by atoms with E-state index in [1.807, 2.05) is 12.1 Å². The van der Waals surface area contributed by atoms with Gasteiger partial charge in [0.1, 0.15) is 11.6 Å². The summed E-state index contributed by atoms with van der Waals surface area (Å²) in [7, 11) is 0. The molecule has 100 valence electrons. The molecule has 0 aliphatic heterocycles. The third kappa shape index (κ3) is 4.58. The van der Waals surface area contributed by atoms with Crippen LogP contribution in [0.4, 0.5) is 4.39 Å². The Morgan fingerprint density at radius 2 is 1.68 bits per heavy atom. The molecule has 2 rings (SSSR count). The molecule has 0 aliphatic rings. The van der Waals surface area contributed by atoms with Gasteiger partial charge in [-0.15, -0.1) is 11.8 Å². The number of hydrogen-bond donors (Lipinski definition) is 2. The maximum absolute atomic E-state index is 12.8. The van der Waals surface area contributed by atoms with E-state index >= 15 is 0 Å². The summed E-state index contributed by atoms with van der Waals surface area (Å²) in [6, 6.07) is 13.5. The molecule has 1 unspecified atom stereocenters. The number of rotatable bonds is 5. The van der Waals surface area contributed by atoms with E-state index in [4.69, 9.17) is 5.73 Å². The van der Waals surface area contributed by atoms with E-state index < -0.39 is 0 Å². The van der Waals surface area contributed by atoms with Crippen LogP contribution in [0.2, 0.25) is 0 Å². The Labute approximate surface area is 116 Å². The zero-order chi connectivity index (χ0) is 13.7. The van der Waals surface area contributed by atoms with Crippen molar-refractivity contribution in [3.8, 4) is 5.75 Å². The molecule has 2 aromatic rings. The molecule has 0 radical (unpaired) electrons. The molecule has 0 bridgehead atoms. The highest BCUT2D eigenvalue weighted by molar-refractivity contribution is 7.99. The normalized spacial score (nSPS) is 12.3. The molecular formula is C15H16FNOS. The molecule has 2 nitrogen and oxygen atoms in total. The van der Waals surface area contributed by atoms with Crippen molar-refractivity contribution in [2.45, 2.75) is 17.4 Å². The Bertz CT molecular complexity index is 513. The average molecular weight is 277 g/mol. The first kappa shape index (κ1) is 13.9. The van der Waals surface area contributed by atoms with Gasteiger partial charge in [0.2, 0.25) is 0 Å². The fraction of sp³-hybridized carbons (Fsp3) is 0.200. The maximum Gasteiger partial charge on any atom is 0.123 e. The van der Waals surface area contributed by atoms with Crippen molar-refractivity contribution in [1.29, 1.82) is 0 Å². The van der Waals surface area contributed by atoms with E-state index in [1.165, 1.54) is 12.1 Å². The van der Waals surface area contributed by atoms with Crippen LogP contribution in [0.1, 0.15) is 5.56 Å². The van der Waals surface area contributed by atoms with Crippen molar-refractivity contribution in [2.75, 3.05) is 5.75 Å². The monoisotopic (exact) mass is 277 g/mol. The van der Waals surface area contributed by atoms with Gasteiger partial charge in [-0.1, -0.05) is 12.1 Å². The lowest BCUT2D eigenvalue weighted by molar-refractivity contribution is 0.475. The molecule has 19 heavy (non-hydrogen) atoms. The number of benzene rings is 2. The topological polar surface area (TPSA) is 46.2 Å². The van der Waals surface area contributed by atoms with Crippen LogP contribution in [0, 0.1) is 5.82 Å². The second-order valence-corrected chi connectivity index (χ2v) is 5.49. The van der Waals surface area contributed by atoms with E-state index in [0.717, 1.165) is 22.6 Å². The van der Waals surface area contributed by atoms with E-state index in [9.17, 15) is 9.50 Å². The molecule has 0 aliphatic carbocycles. The number of hydrogen-bond acceptors (Lipinski definition) is 3. The zero-order valence-corrected chi connectivity index (χ0v) is 11.2. The van der Waals surface area contributed by atoms with Crippen LogP contribution in [0.15, 0.2) is 53.4 Å². The van der Waals surface area contributed by atoms with Gasteiger partial charge in [-0.05, 0) is 48.4 Å². The van der Waals surface area contributed by atoms with Crippen molar-refractivity contribution in [3.63, 3.8) is 0 Å². The first-order valence-corrected chi connectivity index (χ1v) is 7.04. The summed E-state index contributed by atoms with van der Waals surface area (Å²) in [5, 5.41) is 9.20. The highest BCUT2D eigenvalue weighted by Crippen LogP contribution is 2.20. The number of aromatic hydroxyl groups is 1. The number of halogens is 1. The van der Waals surface area contributed by atoms with Gasteiger partial charge in [-0.2, -0.15) is 0 Å². The summed E-state index contributed by atoms with van der Waals surface area (Å²) in [6.45, 7) is 0. The molecule has 0 heterocycles. The summed E-state index contributed by atoms with van der Waals surface area (Å²) in [4.78, 5) is 1.02. The largest absolute Gasteiger partial charge is 0.508 e. The van der Waals surface area contributed by atoms with E-state index in [1.54, 1.807) is 36.0 Å². The quantitative estimate of drug-likeness (QED) is 0.825. The van der Waals surface area contributed by atoms with E-state index in [-0.39, 0.29) is 17.6 Å². The van der Waals surface area contributed by atoms with Gasteiger partial charge in [0.05, 0.1) is 0 Å². The van der Waals surface area contributed by atoms with Crippen molar-refractivity contribution in [3.05, 3.63) is 59.9 Å². The SMILES string of the molecule is NC(CSc1ccc(F)cc1)Cc1ccc(O)cc1. The van der Waals surface area contributed by atoms with Crippen LogP contribution in [-0.2, 0) is 6.42 Å². The summed E-state index contributed by atoms with van der Waals surface area (Å²) >= 11 is 1.62. The van der Waals surface area contributed by atoms with Gasteiger partial charge in [-0.25, -0.2) is 4.39 Å². The van der Waals surface area contributed by atoms with Gasteiger partial charge in [-0.3, -0.25) is 0 Å². The molecule has 2 aromatic carbocycles. The Balaban J connectivity index is 1.82. The number of thioether (sulfide) groups is 1. The second-order valence-electron chi connectivity index (χ2n) is 4.40. The fourth-order valence-electron chi connectivity index (χ4n) is 1.73. The van der Waals surface area contributed by atoms with Crippen molar-refractivity contribution in [2.24, 2.45) is 5.73 Å². The molecule has 4 heteroatoms. The Morgan fingerprint density at radius 1 is 1.05 bits per heavy atom. The Morgan fingerprint density at radius 3 is 2.32 bits per heavy atom. The van der Waals surface area contributed by atoms with Crippen LogP contribution in [0.3, 0.4) is 0 Å². The third-order valence-electron chi connectivity index (χ3n) is 2.71. The molecule has 0 fully saturated rings. The summed E-state index contributed by atoms with van der Waals surface area (Å²) in [5.41, 5.74) is 7.17. The maximum atomic E-state index is 12.8. The van der Waals surface area contributed by atoms with Crippen LogP contribution < -0.4 is 5.73 Å². The van der Waals surface area contributed by atoms with E-state index in [2.05, 4.69) is 0 Å². The number of phenols is 1. The van der Waals surface area contributed by atoms with Crippen molar-refractivity contribution < 1.29 is 9.50 Å². The molecule has 0 saturated heterocycles. The molecule has 3 N–H and O–H groups in total. The minimum Gasteiger partial charge on any atom is -0.508 e. The van der Waals surface area contributed by atoms with Gasteiger partial charge < -0.3 is 10.8 Å². The van der Waals surface area contributed by atoms with Gasteiger partial charge in [0, 0.05) is 16.7 Å². The van der Waals surface area contributed by atoms with Crippen molar-refractivity contribution >= 4 is 11.8 Å². The predicted octanol–water partition coefficient (Wildman–Crippen LogP) is 3.19. The first-order valence-electron chi connectivity index (χ1n) is 6.05. The number of nitrogens with two attached hydrogens (primary N) is 1. The highest BCUT2D eigenvalue weighted by Gasteiger charge is 2.05. The molecule has 0 aromatic heterocycles. The van der Waals surface area contributed by atoms with Gasteiger partial charge in [0.15, 0.2) is 0 Å². The molecular weight excluding hydrogens is 261 g/mol. The summed E-state index contributed by atoms with van der Waals surface area (Å²) in [5.74, 6) is 0.808. The standard InChI is InChI=1S/C15H16FNOS/c16-12-3-7-15(8-4-12)19-10-13(17)9-11-1-5-14(18)6-2-11/h1-8,13,18H,9-10,17H2. The molecule has 1 atom stereocenters. The lowest BCUT2D eigenvalue weighted by Gasteiger charge is -2.11. The molecule has 0 saturated carbocycles.